The molecule has 1 saturated carbocycles. The molecule has 0 radical (unpaired) electrons. The minimum atomic E-state index is 0.105. The van der Waals surface area contributed by atoms with Crippen LogP contribution in [0, 0.1) is 5.41 Å². The van der Waals surface area contributed by atoms with Crippen LogP contribution in [0.25, 0.3) is 0 Å². The number of carbonyl (C=O) groups excluding carboxylic acids is 2. The van der Waals surface area contributed by atoms with E-state index in [1.165, 1.54) is 18.4 Å². The van der Waals surface area contributed by atoms with Crippen molar-refractivity contribution in [2.75, 3.05) is 19.6 Å². The van der Waals surface area contributed by atoms with Crippen LogP contribution in [0.15, 0.2) is 30.3 Å². The second-order valence-electron chi connectivity index (χ2n) is 7.44. The van der Waals surface area contributed by atoms with Crippen molar-refractivity contribution in [3.8, 4) is 0 Å². The normalized spacial score (nSPS) is 25.9. The Morgan fingerprint density at radius 1 is 1.17 bits per heavy atom. The van der Waals surface area contributed by atoms with E-state index in [9.17, 15) is 9.59 Å². The third-order valence-corrected chi connectivity index (χ3v) is 5.92. The summed E-state index contributed by atoms with van der Waals surface area (Å²) in [5.41, 5.74) is 1.39. The molecule has 2 saturated heterocycles. The number of carbonyl (C=O) groups is 2. The van der Waals surface area contributed by atoms with Crippen molar-refractivity contribution in [2.45, 2.75) is 44.6 Å². The first kappa shape index (κ1) is 14.7. The fourth-order valence-corrected chi connectivity index (χ4v) is 4.55. The van der Waals surface area contributed by atoms with Gasteiger partial charge >= 0.3 is 0 Å². The maximum Gasteiger partial charge on any atom is 0.242 e. The van der Waals surface area contributed by atoms with Gasteiger partial charge < -0.3 is 9.80 Å². The number of hydrogen-bond donors (Lipinski definition) is 0. The molecule has 1 spiro atoms. The highest BCUT2D eigenvalue weighted by Gasteiger charge is 2.45. The molecule has 1 atom stereocenters. The summed E-state index contributed by atoms with van der Waals surface area (Å²) in [4.78, 5) is 28.7. The summed E-state index contributed by atoms with van der Waals surface area (Å²) in [6.45, 7) is 1.87. The highest BCUT2D eigenvalue weighted by Crippen LogP contribution is 2.45. The van der Waals surface area contributed by atoms with Gasteiger partial charge in [0.15, 0.2) is 0 Å². The van der Waals surface area contributed by atoms with Crippen molar-refractivity contribution in [2.24, 2.45) is 5.41 Å². The van der Waals surface area contributed by atoms with Crippen molar-refractivity contribution in [3.63, 3.8) is 0 Å². The third-order valence-electron chi connectivity index (χ3n) is 5.92. The van der Waals surface area contributed by atoms with E-state index >= 15 is 0 Å². The van der Waals surface area contributed by atoms with Gasteiger partial charge in [0.1, 0.15) is 0 Å². The van der Waals surface area contributed by atoms with E-state index in [1.54, 1.807) is 0 Å². The van der Waals surface area contributed by atoms with Crippen molar-refractivity contribution >= 4 is 11.8 Å². The topological polar surface area (TPSA) is 40.6 Å². The van der Waals surface area contributed by atoms with Crippen LogP contribution in [-0.4, -0.2) is 41.2 Å². The summed E-state index contributed by atoms with van der Waals surface area (Å²) in [5.74, 6) is 0.283. The number of benzene rings is 1. The van der Waals surface area contributed by atoms with Crippen LogP contribution in [-0.2, 0) is 9.59 Å². The maximum absolute atomic E-state index is 12.6. The molecule has 1 aromatic rings. The molecule has 1 unspecified atom stereocenters. The fraction of sp³-hybridized carbons (Fsp3) is 0.579. The van der Waals surface area contributed by atoms with Gasteiger partial charge in [-0.1, -0.05) is 43.2 Å². The molecule has 23 heavy (non-hydrogen) atoms. The molecule has 2 heterocycles. The smallest absolute Gasteiger partial charge is 0.242 e. The average Bonchev–Trinajstić information content (AvgIpc) is 3.06. The van der Waals surface area contributed by atoms with Crippen LogP contribution in [0.1, 0.15) is 50.1 Å². The minimum Gasteiger partial charge on any atom is -0.334 e. The lowest BCUT2D eigenvalue weighted by Crippen LogP contribution is -2.49. The van der Waals surface area contributed by atoms with Gasteiger partial charge in [-0.3, -0.25) is 9.59 Å². The summed E-state index contributed by atoms with van der Waals surface area (Å²) >= 11 is 0. The number of likely N-dealkylation sites (tertiary alicyclic amines) is 2. The van der Waals surface area contributed by atoms with Crippen LogP contribution < -0.4 is 0 Å². The molecule has 0 N–H and O–H groups in total. The Morgan fingerprint density at radius 2 is 1.91 bits per heavy atom. The van der Waals surface area contributed by atoms with Crippen LogP contribution in [0.4, 0.5) is 0 Å². The predicted octanol–water partition coefficient (Wildman–Crippen LogP) is 2.75. The van der Waals surface area contributed by atoms with E-state index in [-0.39, 0.29) is 29.8 Å². The monoisotopic (exact) mass is 312 g/mol. The first-order valence-electron chi connectivity index (χ1n) is 8.79. The average molecular weight is 312 g/mol. The van der Waals surface area contributed by atoms with Gasteiger partial charge in [0.05, 0.1) is 12.6 Å². The van der Waals surface area contributed by atoms with E-state index < -0.39 is 0 Å². The van der Waals surface area contributed by atoms with Crippen molar-refractivity contribution in [1.82, 2.24) is 9.80 Å². The number of nitrogens with zero attached hydrogens (tertiary/aromatic N) is 2. The van der Waals surface area contributed by atoms with Crippen LogP contribution in [0.3, 0.4) is 0 Å². The molecule has 4 nitrogen and oxygen atoms in total. The molecule has 3 aliphatic rings. The van der Waals surface area contributed by atoms with Crippen LogP contribution in [0.5, 0.6) is 0 Å². The van der Waals surface area contributed by atoms with Crippen molar-refractivity contribution in [1.29, 1.82) is 0 Å². The van der Waals surface area contributed by atoms with Gasteiger partial charge in [-0.05, 0) is 30.2 Å². The number of amides is 2. The molecule has 122 valence electrons. The van der Waals surface area contributed by atoms with Gasteiger partial charge in [-0.25, -0.2) is 0 Å². The lowest BCUT2D eigenvalue weighted by Gasteiger charge is -2.42. The first-order chi connectivity index (χ1) is 11.2. The summed E-state index contributed by atoms with van der Waals surface area (Å²) < 4.78 is 0. The molecule has 2 amide bonds. The zero-order valence-corrected chi connectivity index (χ0v) is 13.5. The van der Waals surface area contributed by atoms with Gasteiger partial charge in [-0.15, -0.1) is 0 Å². The maximum atomic E-state index is 12.6. The van der Waals surface area contributed by atoms with Crippen LogP contribution >= 0.6 is 0 Å². The molecule has 3 fully saturated rings. The van der Waals surface area contributed by atoms with E-state index in [1.807, 2.05) is 28.0 Å². The van der Waals surface area contributed by atoms with Crippen molar-refractivity contribution < 1.29 is 9.59 Å². The Hall–Kier alpha value is -1.84. The van der Waals surface area contributed by atoms with E-state index in [2.05, 4.69) is 12.1 Å². The third kappa shape index (κ3) is 2.64. The molecule has 4 heteroatoms. The molecular formula is C19H24N2O2. The van der Waals surface area contributed by atoms with E-state index in [0.717, 1.165) is 32.4 Å². The largest absolute Gasteiger partial charge is 0.334 e. The van der Waals surface area contributed by atoms with E-state index in [0.29, 0.717) is 6.42 Å². The highest BCUT2D eigenvalue weighted by molar-refractivity contribution is 5.87. The van der Waals surface area contributed by atoms with Crippen LogP contribution in [0.2, 0.25) is 0 Å². The molecule has 1 aliphatic carbocycles. The molecular weight excluding hydrogens is 288 g/mol. The summed E-state index contributed by atoms with van der Waals surface area (Å²) in [6.07, 6.45) is 6.45. The number of rotatable bonds is 3. The zero-order chi connectivity index (χ0) is 15.9. The second-order valence-corrected chi connectivity index (χ2v) is 7.44. The Labute approximate surface area is 137 Å². The SMILES string of the molecule is O=C1CC2(CCCC2)CN1CC(=O)N1CCC1c1ccccc1. The molecule has 2 aliphatic heterocycles. The quantitative estimate of drug-likeness (QED) is 0.861. The second kappa shape index (κ2) is 5.66. The minimum absolute atomic E-state index is 0.105. The summed E-state index contributed by atoms with van der Waals surface area (Å²) in [6, 6.07) is 10.4. The standard InChI is InChI=1S/C19H24N2O2/c22-17-12-19(9-4-5-10-19)14-20(17)13-18(23)21-11-8-16(21)15-6-2-1-3-7-15/h1-3,6-7,16H,4-5,8-14H2. The Balaban J connectivity index is 1.39. The molecule has 1 aromatic carbocycles. The van der Waals surface area contributed by atoms with E-state index in [4.69, 9.17) is 0 Å². The molecule has 4 rings (SSSR count). The van der Waals surface area contributed by atoms with Gasteiger partial charge in [0.25, 0.3) is 0 Å². The first-order valence-corrected chi connectivity index (χ1v) is 8.79. The van der Waals surface area contributed by atoms with Crippen molar-refractivity contribution in [3.05, 3.63) is 35.9 Å². The highest BCUT2D eigenvalue weighted by atomic mass is 16.2. The van der Waals surface area contributed by atoms with Gasteiger partial charge in [-0.2, -0.15) is 0 Å². The molecule has 0 aromatic heterocycles. The number of hydrogen-bond acceptors (Lipinski definition) is 2. The lowest BCUT2D eigenvalue weighted by molar-refractivity contribution is -0.144. The summed E-state index contributed by atoms with van der Waals surface area (Å²) in [5, 5.41) is 0. The summed E-state index contributed by atoms with van der Waals surface area (Å²) in [7, 11) is 0. The van der Waals surface area contributed by atoms with Gasteiger partial charge in [0, 0.05) is 19.5 Å². The molecule has 0 bridgehead atoms. The lowest BCUT2D eigenvalue weighted by atomic mass is 9.85. The Morgan fingerprint density at radius 3 is 2.57 bits per heavy atom. The van der Waals surface area contributed by atoms with Gasteiger partial charge in [0.2, 0.25) is 11.8 Å². The zero-order valence-electron chi connectivity index (χ0n) is 13.5. The fourth-order valence-electron chi connectivity index (χ4n) is 4.55. The Bertz CT molecular complexity index is 607. The predicted molar refractivity (Wildman–Crippen MR) is 87.6 cm³/mol. The Kier molecular flexibility index (Phi) is 3.63.